The Morgan fingerprint density at radius 1 is 1.22 bits per heavy atom. The van der Waals surface area contributed by atoms with Crippen LogP contribution < -0.4 is 5.32 Å². The second kappa shape index (κ2) is 7.95. The van der Waals surface area contributed by atoms with Crippen LogP contribution in [-0.2, 0) is 26.2 Å². The van der Waals surface area contributed by atoms with Crippen LogP contribution in [0.3, 0.4) is 0 Å². The fourth-order valence-electron chi connectivity index (χ4n) is 4.94. The summed E-state index contributed by atoms with van der Waals surface area (Å²) >= 11 is -1.14. The molecule has 3 heterocycles. The summed E-state index contributed by atoms with van der Waals surface area (Å²) in [6, 6.07) is 3.67. The first-order chi connectivity index (χ1) is 14.9. The summed E-state index contributed by atoms with van der Waals surface area (Å²) in [7, 11) is 0. The molecule has 4 rings (SSSR count). The molecule has 1 N–H and O–H groups in total. The van der Waals surface area contributed by atoms with E-state index < -0.39 is 22.3 Å². The lowest BCUT2D eigenvalue weighted by Gasteiger charge is -2.52. The van der Waals surface area contributed by atoms with Crippen molar-refractivity contribution in [2.45, 2.75) is 57.1 Å². The van der Waals surface area contributed by atoms with E-state index in [1.807, 2.05) is 57.3 Å². The highest BCUT2D eigenvalue weighted by atomic mass is 32.2. The van der Waals surface area contributed by atoms with Crippen LogP contribution in [0.25, 0.3) is 5.52 Å². The molecule has 2 amide bonds. The first kappa shape index (κ1) is 22.9. The third-order valence-corrected chi connectivity index (χ3v) is 7.29. The predicted molar refractivity (Wildman–Crippen MR) is 122 cm³/mol. The monoisotopic (exact) mass is 460 g/mol. The second-order valence-electron chi connectivity index (χ2n) is 10.4. The van der Waals surface area contributed by atoms with Gasteiger partial charge in [0.1, 0.15) is 23.2 Å². The van der Waals surface area contributed by atoms with Crippen LogP contribution in [0.2, 0.25) is 0 Å². The van der Waals surface area contributed by atoms with Crippen molar-refractivity contribution in [1.82, 2.24) is 19.6 Å². The van der Waals surface area contributed by atoms with E-state index in [-0.39, 0.29) is 29.8 Å². The van der Waals surface area contributed by atoms with Gasteiger partial charge in [-0.05, 0) is 76.2 Å². The first-order valence-corrected chi connectivity index (χ1v) is 12.5. The normalized spacial score (nSPS) is 24.1. The molecule has 1 saturated heterocycles. The fraction of sp³-hybridized carbons (Fsp3) is 0.609. The number of amides is 2. The van der Waals surface area contributed by atoms with Gasteiger partial charge in [0.2, 0.25) is 5.91 Å². The van der Waals surface area contributed by atoms with Gasteiger partial charge < -0.3 is 19.5 Å². The number of imidazole rings is 1. The van der Waals surface area contributed by atoms with Crippen LogP contribution in [0, 0.1) is 17.8 Å². The lowest BCUT2D eigenvalue weighted by molar-refractivity contribution is -0.143. The lowest BCUT2D eigenvalue weighted by atomic mass is 9.61. The highest BCUT2D eigenvalue weighted by Gasteiger charge is 2.52. The molecule has 4 atom stereocenters. The van der Waals surface area contributed by atoms with E-state index >= 15 is 0 Å². The number of carbonyl (C=O) groups excluding carboxylic acids is 2. The van der Waals surface area contributed by atoms with Gasteiger partial charge in [0.05, 0.1) is 11.7 Å². The number of hydrogen-bond acceptors (Lipinski definition) is 5. The van der Waals surface area contributed by atoms with Gasteiger partial charge in [-0.25, -0.2) is 9.78 Å². The Labute approximate surface area is 191 Å². The zero-order chi connectivity index (χ0) is 23.4. The second-order valence-corrected chi connectivity index (χ2v) is 11.8. The molecule has 2 aromatic rings. The Morgan fingerprint density at radius 2 is 1.88 bits per heavy atom. The number of fused-ring (bicyclic) bond motifs is 3. The summed E-state index contributed by atoms with van der Waals surface area (Å²) in [5.41, 5.74) is -0.470. The summed E-state index contributed by atoms with van der Waals surface area (Å²) in [4.78, 5) is 32.6. The quantitative estimate of drug-likeness (QED) is 0.708. The highest BCUT2D eigenvalue weighted by Crippen LogP contribution is 2.46. The molecule has 2 unspecified atom stereocenters. The van der Waals surface area contributed by atoms with E-state index in [4.69, 9.17) is 4.74 Å². The molecular weight excluding hydrogens is 428 g/mol. The number of nitrogens with zero attached hydrogens (tertiary/aromatic N) is 3. The Hall–Kier alpha value is -2.26. The van der Waals surface area contributed by atoms with E-state index in [2.05, 4.69) is 10.3 Å². The number of nitrogens with one attached hydrogen (secondary N) is 1. The van der Waals surface area contributed by atoms with Crippen molar-refractivity contribution in [3.63, 3.8) is 0 Å². The summed E-state index contributed by atoms with van der Waals surface area (Å²) in [5, 5.41) is 3.18. The van der Waals surface area contributed by atoms with E-state index in [0.29, 0.717) is 23.8 Å². The maximum atomic E-state index is 13.2. The van der Waals surface area contributed by atoms with Crippen molar-refractivity contribution >= 4 is 28.7 Å². The van der Waals surface area contributed by atoms with E-state index in [1.165, 1.54) is 0 Å². The maximum absolute atomic E-state index is 13.2. The number of carbonyl (C=O) groups is 2. The minimum Gasteiger partial charge on any atom is -0.612 e. The van der Waals surface area contributed by atoms with Gasteiger partial charge in [0, 0.05) is 25.2 Å². The van der Waals surface area contributed by atoms with Crippen molar-refractivity contribution in [3.8, 4) is 0 Å². The van der Waals surface area contributed by atoms with Gasteiger partial charge in [0.15, 0.2) is 4.90 Å². The van der Waals surface area contributed by atoms with Gasteiger partial charge in [-0.3, -0.25) is 9.20 Å². The molecule has 0 spiro atoms. The number of rotatable bonds is 4. The average Bonchev–Trinajstić information content (AvgIpc) is 3.11. The van der Waals surface area contributed by atoms with Crippen molar-refractivity contribution in [2.24, 2.45) is 17.8 Å². The van der Waals surface area contributed by atoms with Crippen LogP contribution >= 0.6 is 0 Å². The van der Waals surface area contributed by atoms with Crippen LogP contribution in [0.5, 0.6) is 0 Å². The van der Waals surface area contributed by atoms with Gasteiger partial charge in [-0.2, -0.15) is 0 Å². The summed E-state index contributed by atoms with van der Waals surface area (Å²) < 4.78 is 19.4. The maximum Gasteiger partial charge on any atom is 0.410 e. The van der Waals surface area contributed by atoms with E-state index in [9.17, 15) is 14.1 Å². The standard InChI is InChI=1S/C23H32N4O4S/c1-22(2,3)31-21(29)26-12-14-10-15(13-26)18(14)19(28)25-23(4,5)20-24-11-16-17(32(6)30)8-7-9-27(16)20/h7-9,11,14-15,18H,10,12-13H2,1-6H3,(H,25,28)/t14-,15+,18?,32?. The molecule has 2 fully saturated rings. The highest BCUT2D eigenvalue weighted by molar-refractivity contribution is 7.90. The van der Waals surface area contributed by atoms with Crippen LogP contribution in [0.4, 0.5) is 4.79 Å². The number of hydrogen-bond donors (Lipinski definition) is 1. The molecule has 2 aromatic heterocycles. The number of aromatic nitrogens is 2. The molecule has 1 aliphatic heterocycles. The molecule has 9 heteroatoms. The molecule has 0 radical (unpaired) electrons. The number of pyridine rings is 1. The Balaban J connectivity index is 1.46. The van der Waals surface area contributed by atoms with Crippen LogP contribution in [0.15, 0.2) is 29.4 Å². The van der Waals surface area contributed by atoms with E-state index in [1.54, 1.807) is 17.4 Å². The minimum atomic E-state index is -1.14. The van der Waals surface area contributed by atoms with Crippen molar-refractivity contribution in [3.05, 3.63) is 30.4 Å². The Bertz CT molecular complexity index is 1030. The van der Waals surface area contributed by atoms with Crippen LogP contribution in [0.1, 0.15) is 46.9 Å². The Kier molecular flexibility index (Phi) is 5.69. The van der Waals surface area contributed by atoms with Gasteiger partial charge in [0.25, 0.3) is 0 Å². The van der Waals surface area contributed by atoms with Gasteiger partial charge in [-0.15, -0.1) is 0 Å². The zero-order valence-corrected chi connectivity index (χ0v) is 20.4. The topological polar surface area (TPSA) is 99.0 Å². The molecule has 1 saturated carbocycles. The lowest BCUT2D eigenvalue weighted by Crippen LogP contribution is -2.62. The first-order valence-electron chi connectivity index (χ1n) is 11.0. The van der Waals surface area contributed by atoms with Crippen molar-refractivity contribution < 1.29 is 18.9 Å². The average molecular weight is 461 g/mol. The zero-order valence-electron chi connectivity index (χ0n) is 19.5. The molecular formula is C23H32N4O4S. The number of ether oxygens (including phenoxy) is 1. The third kappa shape index (κ3) is 4.20. The smallest absolute Gasteiger partial charge is 0.410 e. The summed E-state index contributed by atoms with van der Waals surface area (Å²) in [6.07, 6.45) is 5.87. The van der Waals surface area contributed by atoms with Crippen molar-refractivity contribution in [1.29, 1.82) is 0 Å². The third-order valence-electron chi connectivity index (χ3n) is 6.32. The van der Waals surface area contributed by atoms with Crippen LogP contribution in [-0.4, -0.2) is 55.8 Å². The number of piperidine rings is 2. The molecule has 32 heavy (non-hydrogen) atoms. The molecule has 174 valence electrons. The van der Waals surface area contributed by atoms with E-state index in [0.717, 1.165) is 11.9 Å². The molecule has 8 nitrogen and oxygen atoms in total. The molecule has 1 aliphatic carbocycles. The summed E-state index contributed by atoms with van der Waals surface area (Å²) in [5.74, 6) is 0.851. The summed E-state index contributed by atoms with van der Waals surface area (Å²) in [6.45, 7) is 10.5. The predicted octanol–water partition coefficient (Wildman–Crippen LogP) is 2.93. The number of likely N-dealkylation sites (tertiary alicyclic amines) is 1. The molecule has 0 aromatic carbocycles. The largest absolute Gasteiger partial charge is 0.612 e. The minimum absolute atomic E-state index is 0.00735. The molecule has 2 bridgehead atoms. The van der Waals surface area contributed by atoms with Gasteiger partial charge >= 0.3 is 6.09 Å². The van der Waals surface area contributed by atoms with Gasteiger partial charge in [-0.1, -0.05) is 0 Å². The van der Waals surface area contributed by atoms with Crippen molar-refractivity contribution in [2.75, 3.05) is 19.3 Å². The molecule has 2 aliphatic rings. The fourth-order valence-corrected chi connectivity index (χ4v) is 5.66. The SMILES string of the molecule is C[S+]([O-])c1cccn2c(C(C)(C)NC(=O)C3[C@@H]4C[C@H]3CN(C(=O)OC(C)(C)C)C4)ncc12. The Morgan fingerprint density at radius 3 is 2.47 bits per heavy atom.